The molecule has 0 saturated carbocycles. The number of hydrogen-bond donors (Lipinski definition) is 2. The lowest BCUT2D eigenvalue weighted by Crippen LogP contribution is -2.43. The van der Waals surface area contributed by atoms with Crippen LogP contribution in [0, 0.1) is 0 Å². The molecule has 1 saturated heterocycles. The number of pyridine rings is 1. The molecule has 0 radical (unpaired) electrons. The van der Waals surface area contributed by atoms with Crippen LogP contribution in [-0.2, 0) is 9.84 Å². The predicted molar refractivity (Wildman–Crippen MR) is 109 cm³/mol. The SMILES string of the molecule is CS(=O)(=O)c1cccc2c1C(=O)C=C(Nc1cncc(N3CCNCC3)c1)C2=O. The van der Waals surface area contributed by atoms with E-state index in [1.54, 1.807) is 12.4 Å². The van der Waals surface area contributed by atoms with Crippen LogP contribution in [0.15, 0.2) is 53.3 Å². The Morgan fingerprint density at radius 2 is 1.90 bits per heavy atom. The number of nitrogens with zero attached hydrogens (tertiary/aromatic N) is 2. The Morgan fingerprint density at radius 1 is 1.14 bits per heavy atom. The lowest BCUT2D eigenvalue weighted by molar-refractivity contribution is 0.0983. The van der Waals surface area contributed by atoms with Gasteiger partial charge in [0.05, 0.1) is 39.9 Å². The van der Waals surface area contributed by atoms with Crippen LogP contribution in [0.3, 0.4) is 0 Å². The van der Waals surface area contributed by atoms with Gasteiger partial charge in [-0.25, -0.2) is 8.42 Å². The number of benzene rings is 1. The number of allylic oxidation sites excluding steroid dienone is 2. The number of carbonyl (C=O) groups excluding carboxylic acids is 2. The van der Waals surface area contributed by atoms with Gasteiger partial charge in [-0.2, -0.15) is 0 Å². The molecule has 1 aromatic heterocycles. The second-order valence-corrected chi connectivity index (χ2v) is 8.98. The molecule has 1 aromatic carbocycles. The summed E-state index contributed by atoms with van der Waals surface area (Å²) >= 11 is 0. The zero-order valence-electron chi connectivity index (χ0n) is 15.8. The highest BCUT2D eigenvalue weighted by Gasteiger charge is 2.30. The number of nitrogens with one attached hydrogen (secondary N) is 2. The number of piperazine rings is 1. The Morgan fingerprint density at radius 3 is 2.62 bits per heavy atom. The maximum Gasteiger partial charge on any atom is 0.210 e. The first-order chi connectivity index (χ1) is 13.8. The van der Waals surface area contributed by atoms with Crippen molar-refractivity contribution in [3.05, 3.63) is 59.6 Å². The molecule has 8 nitrogen and oxygen atoms in total. The minimum atomic E-state index is -3.64. The molecule has 1 aliphatic carbocycles. The van der Waals surface area contributed by atoms with Crippen molar-refractivity contribution in [2.45, 2.75) is 4.90 Å². The summed E-state index contributed by atoms with van der Waals surface area (Å²) in [5.41, 5.74) is 1.60. The van der Waals surface area contributed by atoms with Gasteiger partial charge < -0.3 is 15.5 Å². The molecule has 0 unspecified atom stereocenters. The number of rotatable bonds is 4. The lowest BCUT2D eigenvalue weighted by Gasteiger charge is -2.29. The number of sulfone groups is 1. The van der Waals surface area contributed by atoms with E-state index in [2.05, 4.69) is 20.5 Å². The van der Waals surface area contributed by atoms with Gasteiger partial charge in [-0.05, 0) is 12.1 Å². The maximum absolute atomic E-state index is 12.9. The normalized spacial score (nSPS) is 17.0. The summed E-state index contributed by atoms with van der Waals surface area (Å²) in [7, 11) is -3.64. The molecule has 9 heteroatoms. The van der Waals surface area contributed by atoms with Crippen LogP contribution >= 0.6 is 0 Å². The van der Waals surface area contributed by atoms with Crippen LogP contribution < -0.4 is 15.5 Å². The maximum atomic E-state index is 12.9. The molecule has 2 aromatic rings. The summed E-state index contributed by atoms with van der Waals surface area (Å²) in [5.74, 6) is -0.952. The molecule has 0 spiro atoms. The van der Waals surface area contributed by atoms with Gasteiger partial charge in [0.25, 0.3) is 0 Å². The first kappa shape index (κ1) is 19.3. The Kier molecular flexibility index (Phi) is 4.93. The number of Topliss-reactive ketones (excluding diaryl/α,β-unsaturated/α-hetero) is 1. The second-order valence-electron chi connectivity index (χ2n) is 7.00. The molecule has 2 heterocycles. The van der Waals surface area contributed by atoms with Crippen LogP contribution in [0.5, 0.6) is 0 Å². The molecular weight excluding hydrogens is 392 g/mol. The Hall–Kier alpha value is -3.04. The molecule has 0 bridgehead atoms. The largest absolute Gasteiger partial charge is 0.368 e. The van der Waals surface area contributed by atoms with Crippen molar-refractivity contribution in [2.24, 2.45) is 0 Å². The van der Waals surface area contributed by atoms with Crippen molar-refractivity contribution in [3.63, 3.8) is 0 Å². The van der Waals surface area contributed by atoms with Gasteiger partial charge in [0.15, 0.2) is 15.6 Å². The summed E-state index contributed by atoms with van der Waals surface area (Å²) in [4.78, 5) is 31.8. The number of carbonyl (C=O) groups is 2. The van der Waals surface area contributed by atoms with Crippen LogP contribution in [0.1, 0.15) is 20.7 Å². The lowest BCUT2D eigenvalue weighted by atomic mass is 9.92. The minimum absolute atomic E-state index is 0.0711. The Balaban J connectivity index is 1.64. The zero-order valence-corrected chi connectivity index (χ0v) is 16.6. The molecule has 0 amide bonds. The van der Waals surface area contributed by atoms with Gasteiger partial charge in [0, 0.05) is 44.1 Å². The van der Waals surface area contributed by atoms with Crippen LogP contribution in [0.25, 0.3) is 0 Å². The van der Waals surface area contributed by atoms with E-state index in [0.29, 0.717) is 5.69 Å². The molecule has 150 valence electrons. The van der Waals surface area contributed by atoms with Crippen molar-refractivity contribution in [1.29, 1.82) is 0 Å². The van der Waals surface area contributed by atoms with E-state index in [-0.39, 0.29) is 21.7 Å². The summed E-state index contributed by atoms with van der Waals surface area (Å²) in [6, 6.07) is 6.15. The quantitative estimate of drug-likeness (QED) is 0.773. The van der Waals surface area contributed by atoms with E-state index in [1.165, 1.54) is 18.2 Å². The van der Waals surface area contributed by atoms with E-state index < -0.39 is 21.4 Å². The van der Waals surface area contributed by atoms with Crippen molar-refractivity contribution in [2.75, 3.05) is 42.7 Å². The fourth-order valence-corrected chi connectivity index (χ4v) is 4.44. The second kappa shape index (κ2) is 7.41. The third-order valence-corrected chi connectivity index (χ3v) is 6.06. The molecule has 0 atom stereocenters. The first-order valence-corrected chi connectivity index (χ1v) is 11.1. The van der Waals surface area contributed by atoms with Crippen molar-refractivity contribution >= 4 is 32.8 Å². The molecule has 4 rings (SSSR count). The number of anilines is 2. The third-order valence-electron chi connectivity index (χ3n) is 4.92. The first-order valence-electron chi connectivity index (χ1n) is 9.16. The highest BCUT2D eigenvalue weighted by Crippen LogP contribution is 2.28. The van der Waals surface area contributed by atoms with Gasteiger partial charge >= 0.3 is 0 Å². The molecule has 1 aliphatic heterocycles. The van der Waals surface area contributed by atoms with Gasteiger partial charge in [-0.1, -0.05) is 12.1 Å². The van der Waals surface area contributed by atoms with Crippen molar-refractivity contribution in [1.82, 2.24) is 10.3 Å². The van der Waals surface area contributed by atoms with E-state index in [9.17, 15) is 18.0 Å². The van der Waals surface area contributed by atoms with Crippen LogP contribution in [0.2, 0.25) is 0 Å². The standard InChI is InChI=1S/C20H20N4O4S/c1-29(27,28)18-4-2-3-15-19(18)17(25)10-16(20(15)26)23-13-9-14(12-22-11-13)24-7-5-21-6-8-24/h2-4,9-12,21,23H,5-8H2,1H3. The predicted octanol–water partition coefficient (Wildman–Crippen LogP) is 1.27. The van der Waals surface area contributed by atoms with Gasteiger partial charge in [-0.3, -0.25) is 14.6 Å². The smallest absolute Gasteiger partial charge is 0.210 e. The zero-order chi connectivity index (χ0) is 20.6. The van der Waals surface area contributed by atoms with Crippen LogP contribution in [-0.4, -0.2) is 57.4 Å². The van der Waals surface area contributed by atoms with Crippen molar-refractivity contribution in [3.8, 4) is 0 Å². The average molecular weight is 412 g/mol. The molecule has 1 fully saturated rings. The summed E-state index contributed by atoms with van der Waals surface area (Å²) in [5, 5.41) is 6.26. The van der Waals surface area contributed by atoms with Gasteiger partial charge in [-0.15, -0.1) is 0 Å². The highest BCUT2D eigenvalue weighted by molar-refractivity contribution is 7.90. The fraction of sp³-hybridized carbons (Fsp3) is 0.250. The number of fused-ring (bicyclic) bond motifs is 1. The average Bonchev–Trinajstić information content (AvgIpc) is 2.71. The minimum Gasteiger partial charge on any atom is -0.368 e. The van der Waals surface area contributed by atoms with E-state index >= 15 is 0 Å². The van der Waals surface area contributed by atoms with Crippen molar-refractivity contribution < 1.29 is 18.0 Å². The Labute approximate surface area is 168 Å². The van der Waals surface area contributed by atoms with Crippen LogP contribution in [0.4, 0.5) is 11.4 Å². The number of hydrogen-bond acceptors (Lipinski definition) is 8. The number of aromatic nitrogens is 1. The summed E-state index contributed by atoms with van der Waals surface area (Å²) in [6.45, 7) is 3.48. The van der Waals surface area contributed by atoms with Gasteiger partial charge in [0.1, 0.15) is 0 Å². The Bertz CT molecular complexity index is 1130. The summed E-state index contributed by atoms with van der Waals surface area (Å²) < 4.78 is 24.0. The number of ketones is 2. The molecule has 29 heavy (non-hydrogen) atoms. The summed E-state index contributed by atoms with van der Waals surface area (Å²) in [6.07, 6.45) is 5.50. The molecule has 2 N–H and O–H groups in total. The molecule has 2 aliphatic rings. The fourth-order valence-electron chi connectivity index (χ4n) is 3.54. The molecular formula is C20H20N4O4S. The highest BCUT2D eigenvalue weighted by atomic mass is 32.2. The monoisotopic (exact) mass is 412 g/mol. The van der Waals surface area contributed by atoms with E-state index in [4.69, 9.17) is 0 Å². The van der Waals surface area contributed by atoms with Gasteiger partial charge in [0.2, 0.25) is 5.78 Å². The third kappa shape index (κ3) is 3.79. The van der Waals surface area contributed by atoms with E-state index in [1.807, 2.05) is 6.07 Å². The topological polar surface area (TPSA) is 108 Å². The van der Waals surface area contributed by atoms with E-state index in [0.717, 1.165) is 44.2 Å².